The number of ether oxygens (including phenoxy) is 1. The zero-order valence-electron chi connectivity index (χ0n) is 9.92. The fraction of sp³-hybridized carbons (Fsp3) is 0.571. The summed E-state index contributed by atoms with van der Waals surface area (Å²) in [4.78, 5) is 0. The highest BCUT2D eigenvalue weighted by molar-refractivity contribution is 5.34. The molecular formula is C14H18FNO. The van der Waals surface area contributed by atoms with Crippen molar-refractivity contribution in [1.82, 2.24) is 5.32 Å². The molecule has 0 bridgehead atoms. The Bertz CT molecular complexity index is 401. The molecule has 0 aromatic heterocycles. The summed E-state index contributed by atoms with van der Waals surface area (Å²) >= 11 is 0. The van der Waals surface area contributed by atoms with Gasteiger partial charge < -0.3 is 10.1 Å². The number of rotatable bonds is 3. The summed E-state index contributed by atoms with van der Waals surface area (Å²) < 4.78 is 18.7. The van der Waals surface area contributed by atoms with E-state index in [1.165, 1.54) is 12.0 Å². The lowest BCUT2D eigenvalue weighted by atomic mass is 10.1. The number of halogens is 1. The molecule has 1 saturated heterocycles. The quantitative estimate of drug-likeness (QED) is 0.869. The number of benzene rings is 1. The van der Waals surface area contributed by atoms with Crippen LogP contribution >= 0.6 is 0 Å². The molecule has 1 heterocycles. The SMILES string of the molecule is Fc1ccc2c(c1)CCC2NCC1CCCO1. The molecule has 2 nitrogen and oxygen atoms in total. The van der Waals surface area contributed by atoms with Gasteiger partial charge in [0.25, 0.3) is 0 Å². The zero-order valence-corrected chi connectivity index (χ0v) is 9.92. The van der Waals surface area contributed by atoms with Crippen LogP contribution in [0.5, 0.6) is 0 Å². The first-order valence-electron chi connectivity index (χ1n) is 6.46. The maximum absolute atomic E-state index is 13.1. The minimum atomic E-state index is -0.122. The van der Waals surface area contributed by atoms with Crippen LogP contribution in [-0.4, -0.2) is 19.3 Å². The third-order valence-electron chi connectivity index (χ3n) is 3.80. The Morgan fingerprint density at radius 3 is 3.12 bits per heavy atom. The van der Waals surface area contributed by atoms with E-state index < -0.39 is 0 Å². The van der Waals surface area contributed by atoms with Crippen molar-refractivity contribution >= 4 is 0 Å². The van der Waals surface area contributed by atoms with Gasteiger partial charge in [-0.1, -0.05) is 6.07 Å². The van der Waals surface area contributed by atoms with Gasteiger partial charge in [-0.3, -0.25) is 0 Å². The first-order chi connectivity index (χ1) is 8.33. The van der Waals surface area contributed by atoms with E-state index in [-0.39, 0.29) is 5.82 Å². The maximum Gasteiger partial charge on any atom is 0.123 e. The van der Waals surface area contributed by atoms with Gasteiger partial charge in [-0.05, 0) is 48.9 Å². The van der Waals surface area contributed by atoms with E-state index in [1.807, 2.05) is 6.07 Å². The van der Waals surface area contributed by atoms with Gasteiger partial charge in [-0.25, -0.2) is 4.39 Å². The standard InChI is InChI=1S/C14H18FNO/c15-11-4-5-13-10(8-11)3-6-14(13)16-9-12-2-1-7-17-12/h4-5,8,12,14,16H,1-3,6-7,9H2. The normalized spacial score (nSPS) is 27.4. The van der Waals surface area contributed by atoms with Crippen molar-refractivity contribution in [3.05, 3.63) is 35.1 Å². The predicted molar refractivity (Wildman–Crippen MR) is 64.4 cm³/mol. The summed E-state index contributed by atoms with van der Waals surface area (Å²) in [6, 6.07) is 5.54. The van der Waals surface area contributed by atoms with E-state index in [2.05, 4.69) is 5.32 Å². The summed E-state index contributed by atoms with van der Waals surface area (Å²) in [6.45, 7) is 1.82. The van der Waals surface area contributed by atoms with Crippen molar-refractivity contribution in [2.75, 3.05) is 13.2 Å². The molecule has 2 aliphatic rings. The topological polar surface area (TPSA) is 21.3 Å². The molecule has 1 aliphatic heterocycles. The second kappa shape index (κ2) is 4.75. The monoisotopic (exact) mass is 235 g/mol. The van der Waals surface area contributed by atoms with Gasteiger partial charge in [-0.2, -0.15) is 0 Å². The highest BCUT2D eigenvalue weighted by Crippen LogP contribution is 2.31. The number of hydrogen-bond acceptors (Lipinski definition) is 2. The average Bonchev–Trinajstić information content (AvgIpc) is 2.94. The van der Waals surface area contributed by atoms with E-state index in [4.69, 9.17) is 4.74 Å². The molecule has 92 valence electrons. The Balaban J connectivity index is 1.63. The average molecular weight is 235 g/mol. The fourth-order valence-electron chi connectivity index (χ4n) is 2.88. The van der Waals surface area contributed by atoms with Gasteiger partial charge in [0, 0.05) is 19.2 Å². The molecule has 1 aliphatic carbocycles. The van der Waals surface area contributed by atoms with Crippen LogP contribution in [0.4, 0.5) is 4.39 Å². The number of nitrogens with one attached hydrogen (secondary N) is 1. The third kappa shape index (κ3) is 2.35. The van der Waals surface area contributed by atoms with E-state index in [0.717, 1.165) is 38.0 Å². The van der Waals surface area contributed by atoms with Crippen molar-refractivity contribution in [2.24, 2.45) is 0 Å². The van der Waals surface area contributed by atoms with Crippen LogP contribution in [0.1, 0.15) is 36.4 Å². The summed E-state index contributed by atoms with van der Waals surface area (Å²) in [6.07, 6.45) is 4.77. The van der Waals surface area contributed by atoms with E-state index in [9.17, 15) is 4.39 Å². The van der Waals surface area contributed by atoms with Gasteiger partial charge in [0.1, 0.15) is 5.82 Å². The lowest BCUT2D eigenvalue weighted by Gasteiger charge is -2.17. The van der Waals surface area contributed by atoms with Gasteiger partial charge in [0.2, 0.25) is 0 Å². The second-order valence-electron chi connectivity index (χ2n) is 4.98. The van der Waals surface area contributed by atoms with Gasteiger partial charge in [0.05, 0.1) is 6.10 Å². The highest BCUT2D eigenvalue weighted by atomic mass is 19.1. The van der Waals surface area contributed by atoms with Crippen LogP contribution < -0.4 is 5.32 Å². The molecule has 1 N–H and O–H groups in total. The van der Waals surface area contributed by atoms with Crippen LogP contribution in [-0.2, 0) is 11.2 Å². The number of aryl methyl sites for hydroxylation is 1. The minimum absolute atomic E-state index is 0.122. The lowest BCUT2D eigenvalue weighted by molar-refractivity contribution is 0.107. The van der Waals surface area contributed by atoms with E-state index >= 15 is 0 Å². The van der Waals surface area contributed by atoms with E-state index in [0.29, 0.717) is 12.1 Å². The van der Waals surface area contributed by atoms with Crippen LogP contribution in [0.15, 0.2) is 18.2 Å². The largest absolute Gasteiger partial charge is 0.377 e. The Morgan fingerprint density at radius 1 is 1.35 bits per heavy atom. The molecule has 0 saturated carbocycles. The lowest BCUT2D eigenvalue weighted by Crippen LogP contribution is -2.29. The molecule has 0 spiro atoms. The van der Waals surface area contributed by atoms with Crippen molar-refractivity contribution in [3.63, 3.8) is 0 Å². The molecule has 1 fully saturated rings. The van der Waals surface area contributed by atoms with Gasteiger partial charge in [-0.15, -0.1) is 0 Å². The molecule has 0 radical (unpaired) electrons. The fourth-order valence-corrected chi connectivity index (χ4v) is 2.88. The molecular weight excluding hydrogens is 217 g/mol. The van der Waals surface area contributed by atoms with Crippen LogP contribution in [0.25, 0.3) is 0 Å². The molecule has 0 amide bonds. The Labute approximate surface area is 101 Å². The summed E-state index contributed by atoms with van der Waals surface area (Å²) in [5, 5.41) is 3.55. The highest BCUT2D eigenvalue weighted by Gasteiger charge is 2.24. The molecule has 17 heavy (non-hydrogen) atoms. The molecule has 2 unspecified atom stereocenters. The smallest absolute Gasteiger partial charge is 0.123 e. The molecule has 1 aromatic rings. The Hall–Kier alpha value is -0.930. The first kappa shape index (κ1) is 11.2. The molecule has 3 rings (SSSR count). The van der Waals surface area contributed by atoms with Gasteiger partial charge >= 0.3 is 0 Å². The second-order valence-corrected chi connectivity index (χ2v) is 4.98. The molecule has 1 aromatic carbocycles. The summed E-state index contributed by atoms with van der Waals surface area (Å²) in [5.74, 6) is -0.122. The Kier molecular flexibility index (Phi) is 3.12. The minimum Gasteiger partial charge on any atom is -0.377 e. The van der Waals surface area contributed by atoms with Crippen molar-refractivity contribution in [2.45, 2.75) is 37.8 Å². The number of hydrogen-bond donors (Lipinski definition) is 1. The van der Waals surface area contributed by atoms with Crippen molar-refractivity contribution in [3.8, 4) is 0 Å². The molecule has 3 heteroatoms. The van der Waals surface area contributed by atoms with Crippen molar-refractivity contribution < 1.29 is 9.13 Å². The Morgan fingerprint density at radius 2 is 2.29 bits per heavy atom. The van der Waals surface area contributed by atoms with Crippen molar-refractivity contribution in [1.29, 1.82) is 0 Å². The van der Waals surface area contributed by atoms with Gasteiger partial charge in [0.15, 0.2) is 0 Å². The van der Waals surface area contributed by atoms with Crippen LogP contribution in [0, 0.1) is 5.82 Å². The predicted octanol–water partition coefficient (Wildman–Crippen LogP) is 2.58. The number of fused-ring (bicyclic) bond motifs is 1. The summed E-state index contributed by atoms with van der Waals surface area (Å²) in [7, 11) is 0. The van der Waals surface area contributed by atoms with E-state index in [1.54, 1.807) is 12.1 Å². The molecule has 2 atom stereocenters. The zero-order chi connectivity index (χ0) is 11.7. The summed E-state index contributed by atoms with van der Waals surface area (Å²) in [5.41, 5.74) is 2.43. The van der Waals surface area contributed by atoms with Crippen LogP contribution in [0.2, 0.25) is 0 Å². The first-order valence-corrected chi connectivity index (χ1v) is 6.46. The third-order valence-corrected chi connectivity index (χ3v) is 3.80. The maximum atomic E-state index is 13.1. The van der Waals surface area contributed by atoms with Crippen LogP contribution in [0.3, 0.4) is 0 Å².